The van der Waals surface area contributed by atoms with E-state index in [1.807, 2.05) is 12.1 Å². The van der Waals surface area contributed by atoms with Crippen LogP contribution in [0.5, 0.6) is 0 Å². The number of rotatable bonds is 4. The Morgan fingerprint density at radius 1 is 0.966 bits per heavy atom. The van der Waals surface area contributed by atoms with E-state index < -0.39 is 15.9 Å². The van der Waals surface area contributed by atoms with Crippen molar-refractivity contribution in [2.75, 3.05) is 31.1 Å². The number of anilines is 1. The zero-order valence-electron chi connectivity index (χ0n) is 15.5. The molecule has 1 saturated heterocycles. The third-order valence-electron chi connectivity index (χ3n) is 5.05. The number of para-hydroxylation sites is 1. The lowest BCUT2D eigenvalue weighted by molar-refractivity contribution is 0.0706. The molecule has 2 N–H and O–H groups in total. The number of nitrogens with one attached hydrogen (secondary N) is 1. The molecule has 0 aliphatic carbocycles. The molecule has 1 amide bonds. The van der Waals surface area contributed by atoms with Gasteiger partial charge in [-0.1, -0.05) is 18.2 Å². The zero-order chi connectivity index (χ0) is 20.4. The summed E-state index contributed by atoms with van der Waals surface area (Å²) in [4.78, 5) is 18.0. The molecular formula is C20H20N4O4S. The van der Waals surface area contributed by atoms with E-state index in [1.165, 1.54) is 4.31 Å². The van der Waals surface area contributed by atoms with Gasteiger partial charge in [-0.05, 0) is 36.4 Å². The maximum Gasteiger partial charge on any atom is 0.274 e. The summed E-state index contributed by atoms with van der Waals surface area (Å²) in [7, 11) is -3.65. The standard InChI is InChI=1S/C20H20N4O4S/c25-20(22-26)16-6-8-17(9-7-16)23-11-13-24(14-12-23)29(27,28)18-5-1-3-15-4-2-10-21-19(15)18/h1-10,26H,11-14H2,(H,22,25). The molecule has 29 heavy (non-hydrogen) atoms. The number of pyridine rings is 1. The third-order valence-corrected chi connectivity index (χ3v) is 6.98. The Morgan fingerprint density at radius 2 is 1.66 bits per heavy atom. The molecule has 2 heterocycles. The van der Waals surface area contributed by atoms with Crippen LogP contribution < -0.4 is 10.4 Å². The van der Waals surface area contributed by atoms with Crippen LogP contribution in [0, 0.1) is 0 Å². The number of aromatic nitrogens is 1. The van der Waals surface area contributed by atoms with Crippen LogP contribution in [0.2, 0.25) is 0 Å². The molecule has 0 bridgehead atoms. The fourth-order valence-corrected chi connectivity index (χ4v) is 5.09. The molecule has 3 aromatic rings. The Morgan fingerprint density at radius 3 is 2.34 bits per heavy atom. The molecule has 1 fully saturated rings. The van der Waals surface area contributed by atoms with E-state index in [0.717, 1.165) is 11.1 Å². The van der Waals surface area contributed by atoms with E-state index in [4.69, 9.17) is 5.21 Å². The van der Waals surface area contributed by atoms with Crippen LogP contribution in [0.3, 0.4) is 0 Å². The molecule has 0 saturated carbocycles. The highest BCUT2D eigenvalue weighted by molar-refractivity contribution is 7.89. The summed E-state index contributed by atoms with van der Waals surface area (Å²) in [6.07, 6.45) is 1.60. The second-order valence-corrected chi connectivity index (χ2v) is 8.62. The van der Waals surface area contributed by atoms with Crippen LogP contribution in [-0.4, -0.2) is 55.0 Å². The average molecular weight is 412 g/mol. The Labute approximate surface area is 168 Å². The van der Waals surface area contributed by atoms with Gasteiger partial charge in [-0.15, -0.1) is 0 Å². The second kappa shape index (κ2) is 7.78. The minimum Gasteiger partial charge on any atom is -0.369 e. The number of hydrogen-bond donors (Lipinski definition) is 2. The molecule has 2 aromatic carbocycles. The first kappa shape index (κ1) is 19.3. The predicted octanol–water partition coefficient (Wildman–Crippen LogP) is 1.86. The first-order valence-electron chi connectivity index (χ1n) is 9.14. The number of piperazine rings is 1. The van der Waals surface area contributed by atoms with Crippen molar-refractivity contribution in [2.24, 2.45) is 0 Å². The van der Waals surface area contributed by atoms with Crippen LogP contribution >= 0.6 is 0 Å². The minimum absolute atomic E-state index is 0.225. The minimum atomic E-state index is -3.65. The second-order valence-electron chi connectivity index (χ2n) is 6.71. The molecule has 150 valence electrons. The molecule has 1 aliphatic heterocycles. The number of amides is 1. The van der Waals surface area contributed by atoms with Gasteiger partial charge in [0.2, 0.25) is 10.0 Å². The van der Waals surface area contributed by atoms with Crippen molar-refractivity contribution >= 4 is 32.5 Å². The average Bonchev–Trinajstić information content (AvgIpc) is 2.78. The molecule has 0 atom stereocenters. The Hall–Kier alpha value is -3.01. The first-order chi connectivity index (χ1) is 14.0. The molecule has 0 radical (unpaired) electrons. The summed E-state index contributed by atoms with van der Waals surface area (Å²) in [5.41, 5.74) is 3.32. The van der Waals surface area contributed by atoms with E-state index in [2.05, 4.69) is 9.88 Å². The van der Waals surface area contributed by atoms with Gasteiger partial charge in [0.15, 0.2) is 0 Å². The van der Waals surface area contributed by atoms with Gasteiger partial charge in [0.05, 0.1) is 5.52 Å². The molecule has 1 aromatic heterocycles. The fraction of sp³-hybridized carbons (Fsp3) is 0.200. The SMILES string of the molecule is O=C(NO)c1ccc(N2CCN(S(=O)(=O)c3cccc4cccnc34)CC2)cc1. The van der Waals surface area contributed by atoms with Crippen LogP contribution in [0.1, 0.15) is 10.4 Å². The van der Waals surface area contributed by atoms with Crippen molar-refractivity contribution in [3.05, 3.63) is 66.4 Å². The maximum atomic E-state index is 13.2. The number of fused-ring (bicyclic) bond motifs is 1. The highest BCUT2D eigenvalue weighted by Gasteiger charge is 2.30. The van der Waals surface area contributed by atoms with E-state index in [-0.39, 0.29) is 4.90 Å². The summed E-state index contributed by atoms with van der Waals surface area (Å²) in [6, 6.07) is 15.6. The first-order valence-corrected chi connectivity index (χ1v) is 10.6. The molecule has 0 spiro atoms. The van der Waals surface area contributed by atoms with Crippen molar-refractivity contribution in [1.82, 2.24) is 14.8 Å². The topological polar surface area (TPSA) is 103 Å². The van der Waals surface area contributed by atoms with Gasteiger partial charge in [0.25, 0.3) is 5.91 Å². The number of nitrogens with zero attached hydrogens (tertiary/aromatic N) is 3. The highest BCUT2D eigenvalue weighted by Crippen LogP contribution is 2.26. The lowest BCUT2D eigenvalue weighted by Gasteiger charge is -2.35. The van der Waals surface area contributed by atoms with Crippen LogP contribution in [0.15, 0.2) is 65.7 Å². The van der Waals surface area contributed by atoms with E-state index >= 15 is 0 Å². The zero-order valence-corrected chi connectivity index (χ0v) is 16.3. The summed E-state index contributed by atoms with van der Waals surface area (Å²) in [5.74, 6) is -0.573. The number of benzene rings is 2. The predicted molar refractivity (Wildman–Crippen MR) is 108 cm³/mol. The monoisotopic (exact) mass is 412 g/mol. The number of hydrogen-bond acceptors (Lipinski definition) is 6. The van der Waals surface area contributed by atoms with Gasteiger partial charge < -0.3 is 4.90 Å². The van der Waals surface area contributed by atoms with E-state index in [1.54, 1.807) is 54.1 Å². The van der Waals surface area contributed by atoms with E-state index in [9.17, 15) is 13.2 Å². The van der Waals surface area contributed by atoms with Crippen LogP contribution in [-0.2, 0) is 10.0 Å². The third kappa shape index (κ3) is 3.67. The van der Waals surface area contributed by atoms with Gasteiger partial charge in [-0.3, -0.25) is 15.0 Å². The largest absolute Gasteiger partial charge is 0.369 e. The number of hydroxylamine groups is 1. The van der Waals surface area contributed by atoms with Crippen LogP contribution in [0.25, 0.3) is 10.9 Å². The summed E-state index contributed by atoms with van der Waals surface area (Å²) in [6.45, 7) is 1.76. The lowest BCUT2D eigenvalue weighted by atomic mass is 10.2. The summed E-state index contributed by atoms with van der Waals surface area (Å²) in [5, 5.41) is 9.49. The smallest absolute Gasteiger partial charge is 0.274 e. The maximum absolute atomic E-state index is 13.2. The Balaban J connectivity index is 1.51. The van der Waals surface area contributed by atoms with Gasteiger partial charge in [0.1, 0.15) is 4.90 Å². The quantitative estimate of drug-likeness (QED) is 0.501. The molecular weight excluding hydrogens is 392 g/mol. The number of carbonyl (C=O) groups is 1. The molecule has 9 heteroatoms. The molecule has 1 aliphatic rings. The summed E-state index contributed by atoms with van der Waals surface area (Å²) >= 11 is 0. The van der Waals surface area contributed by atoms with Crippen LogP contribution in [0.4, 0.5) is 5.69 Å². The Bertz CT molecular complexity index is 1140. The van der Waals surface area contributed by atoms with Gasteiger partial charge in [0, 0.05) is 49.0 Å². The Kier molecular flexibility index (Phi) is 5.18. The van der Waals surface area contributed by atoms with Gasteiger partial charge in [-0.2, -0.15) is 4.31 Å². The van der Waals surface area contributed by atoms with Crippen molar-refractivity contribution in [3.63, 3.8) is 0 Å². The van der Waals surface area contributed by atoms with Crippen molar-refractivity contribution in [2.45, 2.75) is 4.90 Å². The normalized spacial score (nSPS) is 15.4. The fourth-order valence-electron chi connectivity index (χ4n) is 3.50. The van der Waals surface area contributed by atoms with Crippen molar-refractivity contribution in [1.29, 1.82) is 0 Å². The number of carbonyl (C=O) groups excluding carboxylic acids is 1. The molecule has 8 nitrogen and oxygen atoms in total. The van der Waals surface area contributed by atoms with Gasteiger partial charge in [-0.25, -0.2) is 13.9 Å². The number of sulfonamides is 1. The lowest BCUT2D eigenvalue weighted by Crippen LogP contribution is -2.48. The molecule has 0 unspecified atom stereocenters. The highest BCUT2D eigenvalue weighted by atomic mass is 32.2. The van der Waals surface area contributed by atoms with Crippen molar-refractivity contribution in [3.8, 4) is 0 Å². The molecule has 4 rings (SSSR count). The summed E-state index contributed by atoms with van der Waals surface area (Å²) < 4.78 is 27.9. The van der Waals surface area contributed by atoms with Gasteiger partial charge >= 0.3 is 0 Å². The van der Waals surface area contributed by atoms with E-state index in [0.29, 0.717) is 37.3 Å². The van der Waals surface area contributed by atoms with Crippen molar-refractivity contribution < 1.29 is 18.4 Å².